The summed E-state index contributed by atoms with van der Waals surface area (Å²) in [5.74, 6) is -2.44. The number of aliphatic hydroxyl groups is 4. The van der Waals surface area contributed by atoms with Crippen molar-refractivity contribution in [1.29, 1.82) is 0 Å². The summed E-state index contributed by atoms with van der Waals surface area (Å²) >= 11 is 0. The van der Waals surface area contributed by atoms with E-state index in [9.17, 15) is 40.5 Å². The Kier molecular flexibility index (Phi) is 6.84. The number of aliphatic hydroxyl groups excluding tert-OH is 4. The standard InChI is InChI=1S/C23H24O13/c1-32-12-3-8(4-13(33-2)16(12)27)21-22(18(29)15-10(26)5-9(25)6-11(15)34-21)36-23-20(31)19(30)17(28)14(7-24)35-23/h3-6,14,17,19-20,23-28,30-31H,7H2,1-2H3/t14-,17-,19+,20-,23+/m0/s1. The van der Waals surface area contributed by atoms with Crippen molar-refractivity contribution in [2.75, 3.05) is 20.8 Å². The molecule has 5 atom stereocenters. The number of ether oxygens (including phenoxy) is 4. The maximum absolute atomic E-state index is 13.5. The van der Waals surface area contributed by atoms with Gasteiger partial charge in [-0.3, -0.25) is 4.79 Å². The number of rotatable bonds is 6. The molecule has 0 bridgehead atoms. The molecule has 1 aliphatic rings. The van der Waals surface area contributed by atoms with Gasteiger partial charge in [0.05, 0.1) is 20.8 Å². The molecule has 13 nitrogen and oxygen atoms in total. The monoisotopic (exact) mass is 508 g/mol. The predicted octanol–water partition coefficient (Wildman–Crippen LogP) is -0.227. The van der Waals surface area contributed by atoms with Gasteiger partial charge in [-0.05, 0) is 12.1 Å². The van der Waals surface area contributed by atoms with Crippen LogP contribution in [0.4, 0.5) is 0 Å². The molecule has 1 fully saturated rings. The molecular formula is C23H24O13. The van der Waals surface area contributed by atoms with Gasteiger partial charge in [0.25, 0.3) is 0 Å². The van der Waals surface area contributed by atoms with E-state index in [-0.39, 0.29) is 39.5 Å². The maximum atomic E-state index is 13.5. The highest BCUT2D eigenvalue weighted by Crippen LogP contribution is 2.43. The van der Waals surface area contributed by atoms with Crippen LogP contribution in [0.15, 0.2) is 33.5 Å². The zero-order valence-corrected chi connectivity index (χ0v) is 19.0. The molecule has 1 aliphatic heterocycles. The summed E-state index contributed by atoms with van der Waals surface area (Å²) in [6.45, 7) is -0.740. The van der Waals surface area contributed by atoms with Crippen LogP contribution >= 0.6 is 0 Å². The van der Waals surface area contributed by atoms with Crippen LogP contribution in [0.3, 0.4) is 0 Å². The first-order valence-corrected chi connectivity index (χ1v) is 10.6. The van der Waals surface area contributed by atoms with E-state index in [0.29, 0.717) is 0 Å². The van der Waals surface area contributed by atoms with Gasteiger partial charge in [-0.15, -0.1) is 0 Å². The molecule has 0 aliphatic carbocycles. The molecule has 1 saturated heterocycles. The number of hydrogen-bond acceptors (Lipinski definition) is 13. The van der Waals surface area contributed by atoms with E-state index in [1.807, 2.05) is 0 Å². The van der Waals surface area contributed by atoms with Crippen molar-refractivity contribution < 1.29 is 59.1 Å². The number of benzene rings is 2. The molecule has 13 heteroatoms. The lowest BCUT2D eigenvalue weighted by Gasteiger charge is -2.39. The summed E-state index contributed by atoms with van der Waals surface area (Å²) in [5, 5.41) is 70.1. The number of fused-ring (bicyclic) bond motifs is 1. The van der Waals surface area contributed by atoms with Gasteiger partial charge in [-0.25, -0.2) is 0 Å². The number of hydrogen-bond donors (Lipinski definition) is 7. The Balaban J connectivity index is 1.96. The van der Waals surface area contributed by atoms with Gasteiger partial charge in [0.1, 0.15) is 46.9 Å². The van der Waals surface area contributed by atoms with Crippen LogP contribution in [-0.2, 0) is 4.74 Å². The lowest BCUT2D eigenvalue weighted by Crippen LogP contribution is -2.60. The van der Waals surface area contributed by atoms with Crippen LogP contribution in [0.1, 0.15) is 0 Å². The first-order chi connectivity index (χ1) is 17.1. The molecule has 0 saturated carbocycles. The van der Waals surface area contributed by atoms with Gasteiger partial charge < -0.3 is 59.1 Å². The third-order valence-electron chi connectivity index (χ3n) is 5.74. The van der Waals surface area contributed by atoms with E-state index in [2.05, 4.69) is 0 Å². The number of phenolic OH excluding ortho intramolecular Hbond substituents is 3. The SMILES string of the molecule is COc1cc(-c2oc3cc(O)cc(O)c3c(=O)c2O[C@H]2O[C@@H](CO)[C@H](O)[C@@H](O)[C@@H]2O)cc(OC)c1O. The van der Waals surface area contributed by atoms with Crippen molar-refractivity contribution >= 4 is 11.0 Å². The highest BCUT2D eigenvalue weighted by molar-refractivity contribution is 5.88. The summed E-state index contributed by atoms with van der Waals surface area (Å²) in [7, 11) is 2.55. The van der Waals surface area contributed by atoms with Crippen molar-refractivity contribution in [2.24, 2.45) is 0 Å². The van der Waals surface area contributed by atoms with Crippen molar-refractivity contribution in [3.63, 3.8) is 0 Å². The molecule has 36 heavy (non-hydrogen) atoms. The van der Waals surface area contributed by atoms with Gasteiger partial charge in [-0.2, -0.15) is 0 Å². The third kappa shape index (κ3) is 4.23. The van der Waals surface area contributed by atoms with E-state index < -0.39 is 60.0 Å². The second kappa shape index (κ2) is 9.72. The molecule has 4 rings (SSSR count). The summed E-state index contributed by atoms with van der Waals surface area (Å²) in [6, 6.07) is 4.55. The highest BCUT2D eigenvalue weighted by Gasteiger charge is 2.45. The molecule has 0 amide bonds. The summed E-state index contributed by atoms with van der Waals surface area (Å²) in [4.78, 5) is 13.5. The van der Waals surface area contributed by atoms with Crippen LogP contribution in [0.2, 0.25) is 0 Å². The molecule has 7 N–H and O–H groups in total. The molecule has 0 spiro atoms. The van der Waals surface area contributed by atoms with Crippen molar-refractivity contribution in [2.45, 2.75) is 30.7 Å². The smallest absolute Gasteiger partial charge is 0.239 e. The minimum Gasteiger partial charge on any atom is -0.508 e. The van der Waals surface area contributed by atoms with E-state index >= 15 is 0 Å². The number of phenols is 3. The fourth-order valence-electron chi connectivity index (χ4n) is 3.87. The van der Waals surface area contributed by atoms with E-state index in [1.165, 1.54) is 26.4 Å². The minimum atomic E-state index is -1.86. The summed E-state index contributed by atoms with van der Waals surface area (Å²) in [5.41, 5.74) is -1.12. The highest BCUT2D eigenvalue weighted by atomic mass is 16.7. The normalized spacial score (nSPS) is 24.0. The van der Waals surface area contributed by atoms with Gasteiger partial charge >= 0.3 is 0 Å². The minimum absolute atomic E-state index is 0.0651. The largest absolute Gasteiger partial charge is 0.508 e. The van der Waals surface area contributed by atoms with E-state index in [1.54, 1.807) is 0 Å². The molecule has 194 valence electrons. The Morgan fingerprint density at radius 3 is 2.14 bits per heavy atom. The number of methoxy groups -OCH3 is 2. The predicted molar refractivity (Wildman–Crippen MR) is 120 cm³/mol. The lowest BCUT2D eigenvalue weighted by molar-refractivity contribution is -0.277. The molecule has 1 aromatic heterocycles. The first kappa shape index (κ1) is 25.3. The first-order valence-electron chi connectivity index (χ1n) is 10.6. The Bertz CT molecular complexity index is 1310. The van der Waals surface area contributed by atoms with Gasteiger partial charge in [0, 0.05) is 17.7 Å². The lowest BCUT2D eigenvalue weighted by atomic mass is 9.99. The van der Waals surface area contributed by atoms with Crippen LogP contribution in [0, 0.1) is 0 Å². The average Bonchev–Trinajstić information content (AvgIpc) is 2.85. The van der Waals surface area contributed by atoms with Gasteiger partial charge in [0.2, 0.25) is 23.2 Å². The second-order valence-corrected chi connectivity index (χ2v) is 7.97. The summed E-state index contributed by atoms with van der Waals surface area (Å²) in [6.07, 6.45) is -8.42. The molecule has 2 heterocycles. The maximum Gasteiger partial charge on any atom is 0.239 e. The zero-order chi connectivity index (χ0) is 26.3. The fraction of sp³-hybridized carbons (Fsp3) is 0.348. The Morgan fingerprint density at radius 1 is 0.917 bits per heavy atom. The van der Waals surface area contributed by atoms with Crippen LogP contribution in [0.5, 0.6) is 34.5 Å². The number of aromatic hydroxyl groups is 3. The van der Waals surface area contributed by atoms with Crippen molar-refractivity contribution in [3.8, 4) is 45.8 Å². The zero-order valence-electron chi connectivity index (χ0n) is 19.0. The topological polar surface area (TPSA) is 209 Å². The molecule has 3 aromatic rings. The molecule has 0 unspecified atom stereocenters. The van der Waals surface area contributed by atoms with Crippen molar-refractivity contribution in [3.05, 3.63) is 34.5 Å². The Labute approximate surface area is 202 Å². The molecule has 2 aromatic carbocycles. The third-order valence-corrected chi connectivity index (χ3v) is 5.74. The Morgan fingerprint density at radius 2 is 1.56 bits per heavy atom. The molecular weight excluding hydrogens is 484 g/mol. The Hall–Kier alpha value is -3.75. The van der Waals surface area contributed by atoms with Gasteiger partial charge in [0.15, 0.2) is 17.3 Å². The second-order valence-electron chi connectivity index (χ2n) is 7.97. The average molecular weight is 508 g/mol. The van der Waals surface area contributed by atoms with Crippen LogP contribution < -0.4 is 19.6 Å². The van der Waals surface area contributed by atoms with E-state index in [4.69, 9.17) is 23.4 Å². The quantitative estimate of drug-likeness (QED) is 0.230. The van der Waals surface area contributed by atoms with Gasteiger partial charge in [-0.1, -0.05) is 0 Å². The van der Waals surface area contributed by atoms with Crippen molar-refractivity contribution in [1.82, 2.24) is 0 Å². The molecule has 0 radical (unpaired) electrons. The van der Waals surface area contributed by atoms with Crippen LogP contribution in [0.25, 0.3) is 22.3 Å². The fourth-order valence-corrected chi connectivity index (χ4v) is 3.87. The van der Waals surface area contributed by atoms with Crippen LogP contribution in [-0.4, -0.2) is 87.3 Å². The van der Waals surface area contributed by atoms with E-state index in [0.717, 1.165) is 12.1 Å². The summed E-state index contributed by atoms with van der Waals surface area (Å²) < 4.78 is 27.1.